The highest BCUT2D eigenvalue weighted by Crippen LogP contribution is 2.25. The molecule has 1 aromatic heterocycles. The molecule has 3 heterocycles. The fourth-order valence-electron chi connectivity index (χ4n) is 2.92. The van der Waals surface area contributed by atoms with Crippen molar-refractivity contribution in [1.82, 2.24) is 20.4 Å². The first kappa shape index (κ1) is 11.7. The summed E-state index contributed by atoms with van der Waals surface area (Å²) in [5.41, 5.74) is 1.74. The normalized spacial score (nSPS) is 24.4. The van der Waals surface area contributed by atoms with Crippen LogP contribution in [0.1, 0.15) is 54.2 Å². The average Bonchev–Trinajstić information content (AvgIpc) is 3.10. The van der Waals surface area contributed by atoms with Gasteiger partial charge in [0.1, 0.15) is 0 Å². The molecule has 1 amide bonds. The molecule has 3 rings (SSSR count). The van der Waals surface area contributed by atoms with Crippen LogP contribution in [0.2, 0.25) is 0 Å². The average molecular weight is 248 g/mol. The highest BCUT2D eigenvalue weighted by molar-refractivity contribution is 5.95. The molecule has 2 N–H and O–H groups in total. The minimum atomic E-state index is 0.142. The van der Waals surface area contributed by atoms with Crippen LogP contribution in [0.3, 0.4) is 0 Å². The van der Waals surface area contributed by atoms with Gasteiger partial charge in [0, 0.05) is 19.1 Å². The van der Waals surface area contributed by atoms with Crippen molar-refractivity contribution >= 4 is 5.91 Å². The first-order valence-corrected chi connectivity index (χ1v) is 6.92. The zero-order valence-electron chi connectivity index (χ0n) is 10.6. The second kappa shape index (κ2) is 5.10. The van der Waals surface area contributed by atoms with E-state index in [1.165, 1.54) is 12.8 Å². The van der Waals surface area contributed by atoms with E-state index in [2.05, 4.69) is 15.5 Å². The van der Waals surface area contributed by atoms with Gasteiger partial charge < -0.3 is 10.2 Å². The lowest BCUT2D eigenvalue weighted by Gasteiger charge is -2.24. The monoisotopic (exact) mass is 248 g/mol. The molecule has 98 valence electrons. The Morgan fingerprint density at radius 1 is 1.28 bits per heavy atom. The van der Waals surface area contributed by atoms with Crippen molar-refractivity contribution in [3.63, 3.8) is 0 Å². The van der Waals surface area contributed by atoms with Gasteiger partial charge in [-0.25, -0.2) is 0 Å². The molecule has 1 unspecified atom stereocenters. The smallest absolute Gasteiger partial charge is 0.257 e. The number of aromatic nitrogens is 2. The number of hydrogen-bond donors (Lipinski definition) is 2. The summed E-state index contributed by atoms with van der Waals surface area (Å²) < 4.78 is 0. The van der Waals surface area contributed by atoms with Gasteiger partial charge in [0.25, 0.3) is 5.91 Å². The fourth-order valence-corrected chi connectivity index (χ4v) is 2.92. The quantitative estimate of drug-likeness (QED) is 0.833. The van der Waals surface area contributed by atoms with Crippen molar-refractivity contribution in [3.8, 4) is 0 Å². The molecule has 18 heavy (non-hydrogen) atoms. The molecular weight excluding hydrogens is 228 g/mol. The highest BCUT2D eigenvalue weighted by atomic mass is 16.2. The third kappa shape index (κ3) is 2.14. The number of aromatic amines is 1. The van der Waals surface area contributed by atoms with Crippen LogP contribution in [0.5, 0.6) is 0 Å². The Balaban J connectivity index is 1.79. The van der Waals surface area contributed by atoms with Crippen LogP contribution in [0.25, 0.3) is 0 Å². The largest absolute Gasteiger partial charge is 0.339 e. The highest BCUT2D eigenvalue weighted by Gasteiger charge is 2.27. The Hall–Kier alpha value is -1.36. The molecule has 5 nitrogen and oxygen atoms in total. The zero-order valence-corrected chi connectivity index (χ0v) is 10.6. The minimum absolute atomic E-state index is 0.142. The van der Waals surface area contributed by atoms with Gasteiger partial charge in [-0.15, -0.1) is 0 Å². The number of likely N-dealkylation sites (tertiary alicyclic amines) is 1. The lowest BCUT2D eigenvalue weighted by atomic mass is 9.99. The van der Waals surface area contributed by atoms with Crippen LogP contribution >= 0.6 is 0 Å². The first-order chi connectivity index (χ1) is 8.86. The van der Waals surface area contributed by atoms with Gasteiger partial charge in [-0.3, -0.25) is 9.89 Å². The van der Waals surface area contributed by atoms with Crippen LogP contribution in [0.15, 0.2) is 6.20 Å². The predicted octanol–water partition coefficient (Wildman–Crippen LogP) is 1.46. The van der Waals surface area contributed by atoms with Crippen molar-refractivity contribution in [3.05, 3.63) is 17.5 Å². The molecule has 0 aliphatic carbocycles. The van der Waals surface area contributed by atoms with Crippen LogP contribution < -0.4 is 5.32 Å². The van der Waals surface area contributed by atoms with E-state index in [1.54, 1.807) is 6.20 Å². The number of nitrogens with zero attached hydrogens (tertiary/aromatic N) is 2. The number of H-pyrrole nitrogens is 1. The van der Waals surface area contributed by atoms with Crippen molar-refractivity contribution in [2.24, 2.45) is 0 Å². The first-order valence-electron chi connectivity index (χ1n) is 6.92. The van der Waals surface area contributed by atoms with E-state index >= 15 is 0 Å². The lowest BCUT2D eigenvalue weighted by molar-refractivity contribution is 0.0790. The number of piperidine rings is 1. The predicted molar refractivity (Wildman–Crippen MR) is 68.3 cm³/mol. The summed E-state index contributed by atoms with van der Waals surface area (Å²) in [7, 11) is 0. The Bertz CT molecular complexity index is 416. The summed E-state index contributed by atoms with van der Waals surface area (Å²) in [4.78, 5) is 14.4. The van der Waals surface area contributed by atoms with E-state index in [4.69, 9.17) is 0 Å². The van der Waals surface area contributed by atoms with Gasteiger partial charge in [0.2, 0.25) is 0 Å². The SMILES string of the molecule is O=C(c1cn[nH]c1C1CCCCN1)N1CCCC1. The number of carbonyl (C=O) groups excluding carboxylic acids is 1. The molecule has 0 aromatic carbocycles. The van der Waals surface area contributed by atoms with E-state index in [-0.39, 0.29) is 11.9 Å². The molecular formula is C13H20N4O. The molecule has 1 atom stereocenters. The van der Waals surface area contributed by atoms with E-state index in [0.717, 1.165) is 50.2 Å². The van der Waals surface area contributed by atoms with Crippen LogP contribution in [0, 0.1) is 0 Å². The maximum Gasteiger partial charge on any atom is 0.257 e. The number of carbonyl (C=O) groups is 1. The van der Waals surface area contributed by atoms with Crippen LogP contribution in [-0.2, 0) is 0 Å². The number of hydrogen-bond acceptors (Lipinski definition) is 3. The standard InChI is InChI=1S/C13H20N4O/c18-13(17-7-3-4-8-17)10-9-15-16-12(10)11-5-1-2-6-14-11/h9,11,14H,1-8H2,(H,15,16). The van der Waals surface area contributed by atoms with E-state index < -0.39 is 0 Å². The van der Waals surface area contributed by atoms with Gasteiger partial charge in [-0.1, -0.05) is 6.42 Å². The summed E-state index contributed by atoms with van der Waals surface area (Å²) in [6.45, 7) is 2.81. The number of nitrogens with one attached hydrogen (secondary N) is 2. The van der Waals surface area contributed by atoms with Gasteiger partial charge >= 0.3 is 0 Å². The number of amides is 1. The third-order valence-electron chi connectivity index (χ3n) is 3.95. The fraction of sp³-hybridized carbons (Fsp3) is 0.692. The zero-order chi connectivity index (χ0) is 12.4. The molecule has 0 saturated carbocycles. The van der Waals surface area contributed by atoms with Crippen molar-refractivity contribution in [2.45, 2.75) is 38.1 Å². The van der Waals surface area contributed by atoms with Crippen molar-refractivity contribution in [1.29, 1.82) is 0 Å². The molecule has 2 aliphatic rings. The molecule has 2 aliphatic heterocycles. The van der Waals surface area contributed by atoms with E-state index in [9.17, 15) is 4.79 Å². The van der Waals surface area contributed by atoms with Crippen molar-refractivity contribution < 1.29 is 4.79 Å². The maximum absolute atomic E-state index is 12.4. The second-order valence-corrected chi connectivity index (χ2v) is 5.20. The molecule has 2 fully saturated rings. The van der Waals surface area contributed by atoms with Gasteiger partial charge in [-0.2, -0.15) is 5.10 Å². The molecule has 2 saturated heterocycles. The Kier molecular flexibility index (Phi) is 3.32. The Labute approximate surface area is 107 Å². The second-order valence-electron chi connectivity index (χ2n) is 5.20. The minimum Gasteiger partial charge on any atom is -0.339 e. The van der Waals surface area contributed by atoms with E-state index in [1.807, 2.05) is 4.90 Å². The van der Waals surface area contributed by atoms with Gasteiger partial charge in [-0.05, 0) is 32.2 Å². The summed E-state index contributed by atoms with van der Waals surface area (Å²) in [6.07, 6.45) is 7.46. The van der Waals surface area contributed by atoms with Gasteiger partial charge in [0.05, 0.1) is 17.5 Å². The Morgan fingerprint density at radius 2 is 2.11 bits per heavy atom. The lowest BCUT2D eigenvalue weighted by Crippen LogP contribution is -2.32. The number of rotatable bonds is 2. The summed E-state index contributed by atoms with van der Waals surface area (Å²) in [5.74, 6) is 0.142. The molecule has 0 radical (unpaired) electrons. The van der Waals surface area contributed by atoms with Crippen LogP contribution in [0.4, 0.5) is 0 Å². The topological polar surface area (TPSA) is 61.0 Å². The van der Waals surface area contributed by atoms with Gasteiger partial charge in [0.15, 0.2) is 0 Å². The third-order valence-corrected chi connectivity index (χ3v) is 3.95. The molecule has 0 bridgehead atoms. The molecule has 0 spiro atoms. The molecule has 5 heteroatoms. The van der Waals surface area contributed by atoms with Crippen molar-refractivity contribution in [2.75, 3.05) is 19.6 Å². The Morgan fingerprint density at radius 3 is 2.83 bits per heavy atom. The van der Waals surface area contributed by atoms with E-state index in [0.29, 0.717) is 0 Å². The summed E-state index contributed by atoms with van der Waals surface area (Å²) in [6, 6.07) is 0.266. The molecule has 1 aromatic rings. The summed E-state index contributed by atoms with van der Waals surface area (Å²) >= 11 is 0. The summed E-state index contributed by atoms with van der Waals surface area (Å²) in [5, 5.41) is 10.6. The van der Waals surface area contributed by atoms with Crippen LogP contribution in [-0.4, -0.2) is 40.6 Å². The maximum atomic E-state index is 12.4.